The summed E-state index contributed by atoms with van der Waals surface area (Å²) in [5, 5.41) is 2.76. The lowest BCUT2D eigenvalue weighted by Crippen LogP contribution is -2.35. The molecular weight excluding hydrogens is 351 g/mol. The summed E-state index contributed by atoms with van der Waals surface area (Å²) in [5.41, 5.74) is 0.208. The molecular formula is C20H21FN2O4. The summed E-state index contributed by atoms with van der Waals surface area (Å²) in [6, 6.07) is 13.2. The molecule has 1 atom stereocenters. The SMILES string of the molecule is COc1cccc(OCCNC(=O)[C@H]2CC(=O)N(c3ccccc3F)C2)c1. The molecule has 1 N–H and O–H groups in total. The molecule has 1 fully saturated rings. The van der Waals surface area contributed by atoms with Crippen LogP contribution >= 0.6 is 0 Å². The van der Waals surface area contributed by atoms with Gasteiger partial charge in [-0.2, -0.15) is 0 Å². The number of hydrogen-bond acceptors (Lipinski definition) is 4. The Kier molecular flexibility index (Phi) is 5.90. The first-order valence-electron chi connectivity index (χ1n) is 8.68. The summed E-state index contributed by atoms with van der Waals surface area (Å²) in [4.78, 5) is 25.8. The average molecular weight is 372 g/mol. The van der Waals surface area contributed by atoms with Crippen molar-refractivity contribution < 1.29 is 23.5 Å². The van der Waals surface area contributed by atoms with Crippen molar-refractivity contribution >= 4 is 17.5 Å². The number of nitrogens with one attached hydrogen (secondary N) is 1. The largest absolute Gasteiger partial charge is 0.497 e. The fraction of sp³-hybridized carbons (Fsp3) is 0.300. The van der Waals surface area contributed by atoms with Crippen LogP contribution in [0.25, 0.3) is 0 Å². The van der Waals surface area contributed by atoms with E-state index in [4.69, 9.17) is 9.47 Å². The molecule has 3 rings (SSSR count). The normalized spacial score (nSPS) is 16.3. The Morgan fingerprint density at radius 1 is 1.22 bits per heavy atom. The van der Waals surface area contributed by atoms with Crippen LogP contribution in [0.2, 0.25) is 0 Å². The highest BCUT2D eigenvalue weighted by atomic mass is 19.1. The van der Waals surface area contributed by atoms with Gasteiger partial charge in [0.15, 0.2) is 0 Å². The Labute approximate surface area is 156 Å². The van der Waals surface area contributed by atoms with E-state index in [1.807, 2.05) is 12.1 Å². The first-order valence-corrected chi connectivity index (χ1v) is 8.68. The molecule has 0 radical (unpaired) electrons. The Bertz CT molecular complexity index is 827. The van der Waals surface area contributed by atoms with E-state index in [1.54, 1.807) is 31.4 Å². The van der Waals surface area contributed by atoms with Crippen molar-refractivity contribution in [2.45, 2.75) is 6.42 Å². The Hall–Kier alpha value is -3.09. The van der Waals surface area contributed by atoms with Crippen molar-refractivity contribution in [3.63, 3.8) is 0 Å². The van der Waals surface area contributed by atoms with Gasteiger partial charge in [0.05, 0.1) is 25.3 Å². The third kappa shape index (κ3) is 4.55. The van der Waals surface area contributed by atoms with Crippen LogP contribution in [0.15, 0.2) is 48.5 Å². The first-order chi connectivity index (χ1) is 13.1. The number of methoxy groups -OCH3 is 1. The van der Waals surface area contributed by atoms with E-state index in [0.29, 0.717) is 18.0 Å². The lowest BCUT2D eigenvalue weighted by Gasteiger charge is -2.17. The van der Waals surface area contributed by atoms with Gasteiger partial charge >= 0.3 is 0 Å². The standard InChI is InChI=1S/C20H21FN2O4/c1-26-15-5-4-6-16(12-15)27-10-9-22-20(25)14-11-19(24)23(13-14)18-8-3-2-7-17(18)21/h2-8,12,14H,9-11,13H2,1H3,(H,22,25)/t14-/m0/s1. The summed E-state index contributed by atoms with van der Waals surface area (Å²) >= 11 is 0. The van der Waals surface area contributed by atoms with Crippen molar-refractivity contribution in [1.29, 1.82) is 0 Å². The minimum Gasteiger partial charge on any atom is -0.497 e. The number of benzene rings is 2. The number of carbonyl (C=O) groups is 2. The molecule has 2 aromatic carbocycles. The summed E-state index contributed by atoms with van der Waals surface area (Å²) < 4.78 is 24.6. The second kappa shape index (κ2) is 8.53. The molecule has 6 nitrogen and oxygen atoms in total. The van der Waals surface area contributed by atoms with Gasteiger partial charge in [0.2, 0.25) is 11.8 Å². The number of ether oxygens (including phenoxy) is 2. The van der Waals surface area contributed by atoms with E-state index in [0.717, 1.165) is 0 Å². The van der Waals surface area contributed by atoms with E-state index in [1.165, 1.54) is 17.0 Å². The van der Waals surface area contributed by atoms with E-state index in [2.05, 4.69) is 5.32 Å². The number of amides is 2. The van der Waals surface area contributed by atoms with Crippen LogP contribution in [0, 0.1) is 11.7 Å². The summed E-state index contributed by atoms with van der Waals surface area (Å²) in [7, 11) is 1.58. The molecule has 0 saturated carbocycles. The molecule has 1 heterocycles. The molecule has 1 aliphatic heterocycles. The van der Waals surface area contributed by atoms with Crippen LogP contribution in [-0.4, -0.2) is 38.6 Å². The number of nitrogens with zero attached hydrogens (tertiary/aromatic N) is 1. The molecule has 0 aromatic heterocycles. The van der Waals surface area contributed by atoms with Gasteiger partial charge in [-0.05, 0) is 24.3 Å². The topological polar surface area (TPSA) is 67.9 Å². The second-order valence-electron chi connectivity index (χ2n) is 6.18. The molecule has 142 valence electrons. The number of para-hydroxylation sites is 1. The zero-order valence-corrected chi connectivity index (χ0v) is 15.0. The number of rotatable bonds is 7. The van der Waals surface area contributed by atoms with Gasteiger partial charge in [0.1, 0.15) is 23.9 Å². The fourth-order valence-corrected chi connectivity index (χ4v) is 2.97. The molecule has 1 saturated heterocycles. The van der Waals surface area contributed by atoms with E-state index < -0.39 is 11.7 Å². The smallest absolute Gasteiger partial charge is 0.227 e. The Morgan fingerprint density at radius 3 is 2.78 bits per heavy atom. The molecule has 0 spiro atoms. The maximum atomic E-state index is 13.9. The fourth-order valence-electron chi connectivity index (χ4n) is 2.97. The van der Waals surface area contributed by atoms with Crippen molar-refractivity contribution in [3.8, 4) is 11.5 Å². The quantitative estimate of drug-likeness (QED) is 0.758. The highest BCUT2D eigenvalue weighted by Crippen LogP contribution is 2.27. The predicted molar refractivity (Wildman–Crippen MR) is 98.4 cm³/mol. The molecule has 7 heteroatoms. The number of hydrogen-bond donors (Lipinski definition) is 1. The van der Waals surface area contributed by atoms with Gasteiger partial charge in [-0.25, -0.2) is 4.39 Å². The maximum Gasteiger partial charge on any atom is 0.227 e. The molecule has 0 aliphatic carbocycles. The molecule has 2 amide bonds. The summed E-state index contributed by atoms with van der Waals surface area (Å²) in [6.45, 7) is 0.763. The number of carbonyl (C=O) groups excluding carboxylic acids is 2. The van der Waals surface area contributed by atoms with E-state index >= 15 is 0 Å². The summed E-state index contributed by atoms with van der Waals surface area (Å²) in [6.07, 6.45) is 0.0664. The van der Waals surface area contributed by atoms with Crippen LogP contribution in [-0.2, 0) is 9.59 Å². The second-order valence-corrected chi connectivity index (χ2v) is 6.18. The third-order valence-corrected chi connectivity index (χ3v) is 4.35. The molecule has 1 aliphatic rings. The lowest BCUT2D eigenvalue weighted by molar-refractivity contribution is -0.126. The van der Waals surface area contributed by atoms with E-state index in [-0.39, 0.29) is 37.1 Å². The van der Waals surface area contributed by atoms with Gasteiger partial charge in [0, 0.05) is 19.0 Å². The lowest BCUT2D eigenvalue weighted by atomic mass is 10.1. The number of anilines is 1. The monoisotopic (exact) mass is 372 g/mol. The molecule has 0 bridgehead atoms. The molecule has 0 unspecified atom stereocenters. The van der Waals surface area contributed by atoms with Crippen LogP contribution in [0.4, 0.5) is 10.1 Å². The van der Waals surface area contributed by atoms with Crippen LogP contribution in [0.5, 0.6) is 11.5 Å². The summed E-state index contributed by atoms with van der Waals surface area (Å²) in [5.74, 6) is -0.142. The highest BCUT2D eigenvalue weighted by Gasteiger charge is 2.35. The Balaban J connectivity index is 1.47. The van der Waals surface area contributed by atoms with Gasteiger partial charge in [-0.3, -0.25) is 9.59 Å². The maximum absolute atomic E-state index is 13.9. The minimum absolute atomic E-state index is 0.0664. The predicted octanol–water partition coefficient (Wildman–Crippen LogP) is 2.38. The van der Waals surface area contributed by atoms with Crippen LogP contribution in [0.1, 0.15) is 6.42 Å². The third-order valence-electron chi connectivity index (χ3n) is 4.35. The Morgan fingerprint density at radius 2 is 2.00 bits per heavy atom. The zero-order chi connectivity index (χ0) is 19.2. The van der Waals surface area contributed by atoms with Gasteiger partial charge in [-0.15, -0.1) is 0 Å². The van der Waals surface area contributed by atoms with Crippen molar-refractivity contribution in [2.75, 3.05) is 31.7 Å². The van der Waals surface area contributed by atoms with Gasteiger partial charge < -0.3 is 19.7 Å². The van der Waals surface area contributed by atoms with Crippen molar-refractivity contribution in [1.82, 2.24) is 5.32 Å². The number of halogens is 1. The average Bonchev–Trinajstić information content (AvgIpc) is 3.07. The van der Waals surface area contributed by atoms with E-state index in [9.17, 15) is 14.0 Å². The van der Waals surface area contributed by atoms with Gasteiger partial charge in [-0.1, -0.05) is 18.2 Å². The minimum atomic E-state index is -0.506. The van der Waals surface area contributed by atoms with Crippen LogP contribution in [0.3, 0.4) is 0 Å². The highest BCUT2D eigenvalue weighted by molar-refractivity contribution is 6.00. The molecule has 27 heavy (non-hydrogen) atoms. The van der Waals surface area contributed by atoms with Crippen LogP contribution < -0.4 is 19.7 Å². The zero-order valence-electron chi connectivity index (χ0n) is 15.0. The van der Waals surface area contributed by atoms with Gasteiger partial charge in [0.25, 0.3) is 0 Å². The van der Waals surface area contributed by atoms with Crippen molar-refractivity contribution in [3.05, 3.63) is 54.3 Å². The first kappa shape index (κ1) is 18.7. The van der Waals surface area contributed by atoms with Crippen molar-refractivity contribution in [2.24, 2.45) is 5.92 Å². The molecule has 2 aromatic rings.